The average Bonchev–Trinajstić information content (AvgIpc) is 3.20. The maximum absolute atomic E-state index is 13.6. The molecule has 9 heteroatoms. The molecule has 0 radical (unpaired) electrons. The van der Waals surface area contributed by atoms with Gasteiger partial charge in [0.05, 0.1) is 24.5 Å². The monoisotopic (exact) mass is 482 g/mol. The van der Waals surface area contributed by atoms with Crippen LogP contribution in [0.15, 0.2) is 53.6 Å². The predicted molar refractivity (Wildman–Crippen MR) is 134 cm³/mol. The van der Waals surface area contributed by atoms with E-state index in [1.54, 1.807) is 20.3 Å². The first-order valence-electron chi connectivity index (χ1n) is 11.2. The van der Waals surface area contributed by atoms with Gasteiger partial charge in [-0.25, -0.2) is 8.51 Å². The number of nitrogens with one attached hydrogen (secondary N) is 1. The lowest BCUT2D eigenvalue weighted by atomic mass is 9.77. The zero-order valence-corrected chi connectivity index (χ0v) is 20.3. The number of allylic oxidation sites excluding steroid dienone is 1. The predicted octanol–water partition coefficient (Wildman–Crippen LogP) is 3.19. The molecule has 1 amide bonds. The van der Waals surface area contributed by atoms with Crippen molar-refractivity contribution < 1.29 is 18.5 Å². The summed E-state index contributed by atoms with van der Waals surface area (Å²) in [7, 11) is 1.86. The summed E-state index contributed by atoms with van der Waals surface area (Å²) in [6.45, 7) is 1.82. The van der Waals surface area contributed by atoms with E-state index in [1.165, 1.54) is 12.4 Å². The Morgan fingerprint density at radius 3 is 2.47 bits per heavy atom. The number of ether oxygens (including phenoxy) is 2. The summed E-state index contributed by atoms with van der Waals surface area (Å²) in [5.41, 5.74) is 7.22. The van der Waals surface area contributed by atoms with Crippen LogP contribution in [0.25, 0.3) is 5.57 Å². The Hall–Kier alpha value is -3.17. The standard InChI is InChI=1S/C25H30N4O4S/c1-32-20-4-3-5-21(15-20)34(31)28-11-8-25(9-12-28)10-13-29(24(25)30)19-6-7-22(18(16-26)17-27)23(14-19)33-2/h3-7,14-17,26H,8-13,27H2,1-2H3/b18-17+,26-16?. The van der Waals surface area contributed by atoms with Crippen LogP contribution in [0.1, 0.15) is 24.8 Å². The van der Waals surface area contributed by atoms with Gasteiger partial charge in [0.1, 0.15) is 22.5 Å². The molecule has 34 heavy (non-hydrogen) atoms. The molecule has 2 aliphatic heterocycles. The van der Waals surface area contributed by atoms with Crippen LogP contribution in [0.4, 0.5) is 5.69 Å². The van der Waals surface area contributed by atoms with Gasteiger partial charge in [0, 0.05) is 54.9 Å². The van der Waals surface area contributed by atoms with E-state index < -0.39 is 16.4 Å². The molecule has 2 aromatic rings. The van der Waals surface area contributed by atoms with E-state index in [9.17, 15) is 9.00 Å². The fourth-order valence-corrected chi connectivity index (χ4v) is 6.00. The third-order valence-corrected chi connectivity index (χ3v) is 8.30. The zero-order valence-electron chi connectivity index (χ0n) is 19.5. The highest BCUT2D eigenvalue weighted by Gasteiger charge is 2.49. The summed E-state index contributed by atoms with van der Waals surface area (Å²) in [6.07, 6.45) is 4.65. The number of nitrogens with zero attached hydrogens (tertiary/aromatic N) is 2. The van der Waals surface area contributed by atoms with Crippen molar-refractivity contribution in [3.8, 4) is 11.5 Å². The van der Waals surface area contributed by atoms with Crippen molar-refractivity contribution in [2.24, 2.45) is 11.1 Å². The fraction of sp³-hybridized carbons (Fsp3) is 0.360. The van der Waals surface area contributed by atoms with Crippen LogP contribution in [0.3, 0.4) is 0 Å². The van der Waals surface area contributed by atoms with Crippen LogP contribution in [0.5, 0.6) is 11.5 Å². The lowest BCUT2D eigenvalue weighted by Gasteiger charge is -2.37. The van der Waals surface area contributed by atoms with Crippen molar-refractivity contribution >= 4 is 34.4 Å². The molecule has 2 saturated heterocycles. The van der Waals surface area contributed by atoms with Crippen LogP contribution in [-0.4, -0.2) is 54.5 Å². The minimum atomic E-state index is -1.29. The van der Waals surface area contributed by atoms with Gasteiger partial charge in [-0.15, -0.1) is 0 Å². The molecule has 0 aliphatic carbocycles. The maximum atomic E-state index is 13.6. The van der Waals surface area contributed by atoms with Gasteiger partial charge >= 0.3 is 0 Å². The second kappa shape index (κ2) is 9.99. The third kappa shape index (κ3) is 4.33. The number of nitrogens with two attached hydrogens (primary N) is 1. The molecule has 0 saturated carbocycles. The van der Waals surface area contributed by atoms with E-state index in [0.29, 0.717) is 60.0 Å². The number of rotatable bonds is 7. The van der Waals surface area contributed by atoms with Crippen LogP contribution >= 0.6 is 0 Å². The molecule has 1 spiro atoms. The van der Waals surface area contributed by atoms with Crippen LogP contribution < -0.4 is 20.1 Å². The van der Waals surface area contributed by atoms with Crippen molar-refractivity contribution in [3.63, 3.8) is 0 Å². The Balaban J connectivity index is 1.47. The summed E-state index contributed by atoms with van der Waals surface area (Å²) < 4.78 is 25.8. The smallest absolute Gasteiger partial charge is 0.233 e. The van der Waals surface area contributed by atoms with Crippen LogP contribution in [0, 0.1) is 10.8 Å². The molecule has 1 atom stereocenters. The Kier molecular flexibility index (Phi) is 7.04. The highest BCUT2D eigenvalue weighted by atomic mass is 32.2. The summed E-state index contributed by atoms with van der Waals surface area (Å²) in [5, 5.41) is 7.55. The quantitative estimate of drug-likeness (QED) is 0.589. The normalized spacial score (nSPS) is 19.3. The molecule has 2 aliphatic rings. The molecular weight excluding hydrogens is 452 g/mol. The molecule has 2 heterocycles. The topological polar surface area (TPSA) is 109 Å². The molecule has 1 unspecified atom stereocenters. The Labute approximate surface area is 202 Å². The lowest BCUT2D eigenvalue weighted by Crippen LogP contribution is -2.45. The van der Waals surface area contributed by atoms with Gasteiger partial charge < -0.3 is 25.5 Å². The van der Waals surface area contributed by atoms with Crippen molar-refractivity contribution in [2.45, 2.75) is 24.2 Å². The van der Waals surface area contributed by atoms with Gasteiger partial charge in [-0.1, -0.05) is 6.07 Å². The minimum Gasteiger partial charge on any atom is -0.497 e. The summed E-state index contributed by atoms with van der Waals surface area (Å²) in [5.74, 6) is 1.35. The van der Waals surface area contributed by atoms with Gasteiger partial charge in [0.2, 0.25) is 5.91 Å². The van der Waals surface area contributed by atoms with E-state index in [-0.39, 0.29) is 5.91 Å². The highest BCUT2D eigenvalue weighted by Crippen LogP contribution is 2.44. The number of piperidine rings is 1. The average molecular weight is 483 g/mol. The Bertz CT molecular complexity index is 1140. The Morgan fingerprint density at radius 2 is 1.82 bits per heavy atom. The van der Waals surface area contributed by atoms with E-state index in [1.807, 2.05) is 45.6 Å². The second-order valence-electron chi connectivity index (χ2n) is 8.50. The van der Waals surface area contributed by atoms with Gasteiger partial charge in [-0.05, 0) is 49.6 Å². The van der Waals surface area contributed by atoms with E-state index in [0.717, 1.165) is 12.1 Å². The molecule has 8 nitrogen and oxygen atoms in total. The zero-order chi connectivity index (χ0) is 24.3. The number of carbonyl (C=O) groups is 1. The van der Waals surface area contributed by atoms with Gasteiger partial charge in [-0.3, -0.25) is 4.79 Å². The summed E-state index contributed by atoms with van der Waals surface area (Å²) in [6, 6.07) is 12.8. The van der Waals surface area contributed by atoms with Gasteiger partial charge in [0.25, 0.3) is 0 Å². The first-order valence-corrected chi connectivity index (χ1v) is 12.3. The first kappa shape index (κ1) is 24.0. The van der Waals surface area contributed by atoms with Gasteiger partial charge in [-0.2, -0.15) is 0 Å². The molecule has 3 N–H and O–H groups in total. The van der Waals surface area contributed by atoms with E-state index >= 15 is 0 Å². The first-order chi connectivity index (χ1) is 16.5. The number of benzene rings is 2. The fourth-order valence-electron chi connectivity index (χ4n) is 4.77. The second-order valence-corrected chi connectivity index (χ2v) is 9.98. The number of methoxy groups -OCH3 is 2. The molecule has 2 fully saturated rings. The van der Waals surface area contributed by atoms with Crippen LogP contribution in [-0.2, 0) is 15.8 Å². The number of anilines is 1. The lowest BCUT2D eigenvalue weighted by molar-refractivity contribution is -0.127. The van der Waals surface area contributed by atoms with E-state index in [2.05, 4.69) is 0 Å². The largest absolute Gasteiger partial charge is 0.497 e. The molecule has 4 rings (SSSR count). The van der Waals surface area contributed by atoms with Crippen molar-refractivity contribution in [1.29, 1.82) is 5.41 Å². The molecule has 180 valence electrons. The van der Waals surface area contributed by atoms with Crippen molar-refractivity contribution in [3.05, 3.63) is 54.2 Å². The van der Waals surface area contributed by atoms with Crippen LogP contribution in [0.2, 0.25) is 0 Å². The van der Waals surface area contributed by atoms with Crippen molar-refractivity contribution in [1.82, 2.24) is 4.31 Å². The highest BCUT2D eigenvalue weighted by molar-refractivity contribution is 7.82. The van der Waals surface area contributed by atoms with Gasteiger partial charge in [0.15, 0.2) is 0 Å². The Morgan fingerprint density at radius 1 is 1.09 bits per heavy atom. The molecular formula is C25H30N4O4S. The SMILES string of the molecule is COc1cccc(S(=O)N2CCC3(CCN(c4ccc(/C(C=N)=C/N)c(OC)c4)C3=O)CC2)c1. The molecule has 0 bridgehead atoms. The summed E-state index contributed by atoms with van der Waals surface area (Å²) >= 11 is 0. The number of amides is 1. The minimum absolute atomic E-state index is 0.107. The number of hydrogen-bond donors (Lipinski definition) is 2. The summed E-state index contributed by atoms with van der Waals surface area (Å²) in [4.78, 5) is 16.1. The third-order valence-electron chi connectivity index (χ3n) is 6.81. The van der Waals surface area contributed by atoms with Crippen molar-refractivity contribution in [2.75, 3.05) is 38.8 Å². The molecule has 2 aromatic carbocycles. The number of carbonyl (C=O) groups excluding carboxylic acids is 1. The molecule has 0 aromatic heterocycles. The maximum Gasteiger partial charge on any atom is 0.233 e. The van der Waals surface area contributed by atoms with E-state index in [4.69, 9.17) is 20.6 Å². The number of hydrogen-bond acceptors (Lipinski definition) is 6.